The molecule has 23 heavy (non-hydrogen) atoms. The molecule has 0 aromatic heterocycles. The summed E-state index contributed by atoms with van der Waals surface area (Å²) in [5.41, 5.74) is 1.48. The molecule has 6 heteroatoms. The highest BCUT2D eigenvalue weighted by molar-refractivity contribution is 6.34. The predicted octanol–water partition coefficient (Wildman–Crippen LogP) is 4.86. The number of benzene rings is 2. The van der Waals surface area contributed by atoms with Crippen molar-refractivity contribution >= 4 is 40.7 Å². The van der Waals surface area contributed by atoms with E-state index in [9.17, 15) is 4.79 Å². The number of amides is 1. The lowest BCUT2D eigenvalue weighted by Crippen LogP contribution is -2.42. The van der Waals surface area contributed by atoms with Crippen molar-refractivity contribution < 1.29 is 9.53 Å². The number of carbonyl (C=O) groups is 1. The summed E-state index contributed by atoms with van der Waals surface area (Å²) in [6.45, 7) is 1.47. The van der Waals surface area contributed by atoms with Gasteiger partial charge in [0.15, 0.2) is 0 Å². The van der Waals surface area contributed by atoms with E-state index in [4.69, 9.17) is 39.5 Å². The van der Waals surface area contributed by atoms with Crippen LogP contribution < -0.4 is 0 Å². The Labute approximate surface area is 149 Å². The summed E-state index contributed by atoms with van der Waals surface area (Å²) in [5, 5.41) is 1.71. The van der Waals surface area contributed by atoms with Crippen LogP contribution in [-0.2, 0) is 4.74 Å². The van der Waals surface area contributed by atoms with Crippen molar-refractivity contribution in [3.05, 3.63) is 68.7 Å². The van der Waals surface area contributed by atoms with Crippen LogP contribution in [0.4, 0.5) is 0 Å². The number of morpholine rings is 1. The van der Waals surface area contributed by atoms with E-state index < -0.39 is 0 Å². The van der Waals surface area contributed by atoms with Crippen molar-refractivity contribution in [1.29, 1.82) is 0 Å². The molecule has 1 fully saturated rings. The molecule has 2 aromatic rings. The third kappa shape index (κ3) is 3.99. The highest BCUT2D eigenvalue weighted by atomic mass is 35.5. The van der Waals surface area contributed by atoms with Gasteiger partial charge in [-0.2, -0.15) is 0 Å². The van der Waals surface area contributed by atoms with Gasteiger partial charge in [0.25, 0.3) is 5.91 Å². The molecule has 1 unspecified atom stereocenters. The van der Waals surface area contributed by atoms with Crippen LogP contribution in [0.5, 0.6) is 0 Å². The number of halogens is 3. The molecule has 1 amide bonds. The van der Waals surface area contributed by atoms with E-state index in [0.29, 0.717) is 40.3 Å². The van der Waals surface area contributed by atoms with Crippen molar-refractivity contribution in [2.75, 3.05) is 19.7 Å². The molecule has 1 aliphatic heterocycles. The minimum absolute atomic E-state index is 0.0388. The van der Waals surface area contributed by atoms with Gasteiger partial charge in [0.1, 0.15) is 6.10 Å². The minimum Gasteiger partial charge on any atom is -0.370 e. The van der Waals surface area contributed by atoms with Crippen LogP contribution in [0.25, 0.3) is 0 Å². The van der Waals surface area contributed by atoms with E-state index in [-0.39, 0.29) is 12.0 Å². The number of ether oxygens (including phenoxy) is 1. The van der Waals surface area contributed by atoms with Crippen molar-refractivity contribution in [3.63, 3.8) is 0 Å². The second-order valence-electron chi connectivity index (χ2n) is 5.32. The Hall–Kier alpha value is -1.26. The van der Waals surface area contributed by atoms with E-state index in [0.717, 1.165) is 5.56 Å². The normalized spacial score (nSPS) is 18.0. The average molecular weight is 371 g/mol. The van der Waals surface area contributed by atoms with E-state index >= 15 is 0 Å². The molecule has 0 bridgehead atoms. The van der Waals surface area contributed by atoms with Crippen molar-refractivity contribution in [3.8, 4) is 0 Å². The average Bonchev–Trinajstić information content (AvgIpc) is 2.54. The molecule has 0 saturated carbocycles. The van der Waals surface area contributed by atoms with Gasteiger partial charge in [-0.15, -0.1) is 0 Å². The molecule has 1 aliphatic rings. The van der Waals surface area contributed by atoms with E-state index in [2.05, 4.69) is 0 Å². The summed E-state index contributed by atoms with van der Waals surface area (Å²) in [6, 6.07) is 12.2. The van der Waals surface area contributed by atoms with Gasteiger partial charge in [-0.1, -0.05) is 34.8 Å². The molecular weight excluding hydrogens is 357 g/mol. The predicted molar refractivity (Wildman–Crippen MR) is 92.5 cm³/mol. The number of nitrogens with zero attached hydrogens (tertiary/aromatic N) is 1. The molecule has 0 aliphatic carbocycles. The second kappa shape index (κ2) is 7.10. The van der Waals surface area contributed by atoms with Gasteiger partial charge in [0.2, 0.25) is 0 Å². The Bertz CT molecular complexity index is 698. The lowest BCUT2D eigenvalue weighted by Gasteiger charge is -2.33. The van der Waals surface area contributed by atoms with E-state index in [1.165, 1.54) is 0 Å². The highest BCUT2D eigenvalue weighted by Crippen LogP contribution is 2.28. The highest BCUT2D eigenvalue weighted by Gasteiger charge is 2.26. The summed E-state index contributed by atoms with van der Waals surface area (Å²) in [4.78, 5) is 14.4. The first kappa shape index (κ1) is 16.6. The Morgan fingerprint density at radius 1 is 1.00 bits per heavy atom. The Morgan fingerprint density at radius 3 is 2.30 bits per heavy atom. The summed E-state index contributed by atoms with van der Waals surface area (Å²) in [5.74, 6) is -0.0388. The van der Waals surface area contributed by atoms with Crippen LogP contribution in [0.2, 0.25) is 15.1 Å². The van der Waals surface area contributed by atoms with Gasteiger partial charge in [-0.05, 0) is 48.0 Å². The van der Waals surface area contributed by atoms with Gasteiger partial charge < -0.3 is 9.64 Å². The molecule has 120 valence electrons. The number of hydrogen-bond acceptors (Lipinski definition) is 2. The number of rotatable bonds is 2. The fourth-order valence-electron chi connectivity index (χ4n) is 2.57. The quantitative estimate of drug-likeness (QED) is 0.755. The lowest BCUT2D eigenvalue weighted by molar-refractivity contribution is -0.0228. The molecule has 1 heterocycles. The maximum absolute atomic E-state index is 12.6. The molecule has 1 atom stereocenters. The maximum Gasteiger partial charge on any atom is 0.254 e. The van der Waals surface area contributed by atoms with Gasteiger partial charge in [-0.3, -0.25) is 4.79 Å². The van der Waals surface area contributed by atoms with Gasteiger partial charge >= 0.3 is 0 Å². The zero-order valence-electron chi connectivity index (χ0n) is 12.1. The molecule has 0 radical (unpaired) electrons. The minimum atomic E-state index is -0.240. The molecule has 3 nitrogen and oxygen atoms in total. The van der Waals surface area contributed by atoms with Crippen LogP contribution >= 0.6 is 34.8 Å². The number of hydrogen-bond donors (Lipinski definition) is 0. The zero-order chi connectivity index (χ0) is 16.4. The van der Waals surface area contributed by atoms with Crippen LogP contribution in [0.1, 0.15) is 22.0 Å². The molecule has 0 spiro atoms. The molecular formula is C17H14Cl3NO2. The first-order chi connectivity index (χ1) is 11.0. The standard InChI is InChI=1S/C17H14Cl3NO2/c18-13-3-1-11(2-4-13)17(22)21-5-6-23-16(10-21)12-7-14(19)9-15(20)8-12/h1-4,7-9,16H,5-6,10H2. The van der Waals surface area contributed by atoms with Crippen molar-refractivity contribution in [1.82, 2.24) is 4.90 Å². The smallest absolute Gasteiger partial charge is 0.254 e. The summed E-state index contributed by atoms with van der Waals surface area (Å²) >= 11 is 18.0. The topological polar surface area (TPSA) is 29.5 Å². The second-order valence-corrected chi connectivity index (χ2v) is 6.63. The SMILES string of the molecule is O=C(c1ccc(Cl)cc1)N1CCOC(c2cc(Cl)cc(Cl)c2)C1. The fourth-order valence-corrected chi connectivity index (χ4v) is 3.24. The van der Waals surface area contributed by atoms with Gasteiger partial charge in [-0.25, -0.2) is 0 Å². The van der Waals surface area contributed by atoms with Gasteiger partial charge in [0.05, 0.1) is 13.2 Å². The van der Waals surface area contributed by atoms with E-state index in [1.807, 2.05) is 12.1 Å². The Balaban J connectivity index is 1.77. The first-order valence-corrected chi connectivity index (χ1v) is 8.29. The largest absolute Gasteiger partial charge is 0.370 e. The summed E-state index contributed by atoms with van der Waals surface area (Å²) in [7, 11) is 0. The maximum atomic E-state index is 12.6. The summed E-state index contributed by atoms with van der Waals surface area (Å²) in [6.07, 6.45) is -0.240. The zero-order valence-corrected chi connectivity index (χ0v) is 14.4. The van der Waals surface area contributed by atoms with Crippen molar-refractivity contribution in [2.45, 2.75) is 6.10 Å². The van der Waals surface area contributed by atoms with Crippen LogP contribution in [-0.4, -0.2) is 30.5 Å². The lowest BCUT2D eigenvalue weighted by atomic mass is 10.1. The van der Waals surface area contributed by atoms with Crippen LogP contribution in [0.15, 0.2) is 42.5 Å². The van der Waals surface area contributed by atoms with E-state index in [1.54, 1.807) is 35.2 Å². The summed E-state index contributed by atoms with van der Waals surface area (Å²) < 4.78 is 5.78. The van der Waals surface area contributed by atoms with Crippen LogP contribution in [0, 0.1) is 0 Å². The molecule has 1 saturated heterocycles. The van der Waals surface area contributed by atoms with Crippen LogP contribution in [0.3, 0.4) is 0 Å². The fraction of sp³-hybridized carbons (Fsp3) is 0.235. The van der Waals surface area contributed by atoms with Crippen molar-refractivity contribution in [2.24, 2.45) is 0 Å². The molecule has 3 rings (SSSR count). The third-order valence-corrected chi connectivity index (χ3v) is 4.39. The first-order valence-electron chi connectivity index (χ1n) is 7.15. The van der Waals surface area contributed by atoms with Gasteiger partial charge in [0, 0.05) is 27.2 Å². The number of carbonyl (C=O) groups excluding carboxylic acids is 1. The molecule has 0 N–H and O–H groups in total. The third-order valence-electron chi connectivity index (χ3n) is 3.70. The monoisotopic (exact) mass is 369 g/mol. The molecule has 2 aromatic carbocycles. The Morgan fingerprint density at radius 2 is 1.65 bits per heavy atom. The Kier molecular flexibility index (Phi) is 5.12.